The Morgan fingerprint density at radius 1 is 1.00 bits per heavy atom. The van der Waals surface area contributed by atoms with Crippen LogP contribution in [0.5, 0.6) is 11.5 Å². The standard InChI is InChI=1S/C15H16N2O6S/c1-22-12-7-4-8-13(23-2)14(12)17-15(18)16-10-5-3-6-11(9-10)24(19,20)21/h3-9H,1-2H3,(H2,16,17,18)(H,19,20,21). The number of carbonyl (C=O) groups is 1. The fraction of sp³-hybridized carbons (Fsp3) is 0.133. The first-order valence-electron chi connectivity index (χ1n) is 6.71. The van der Waals surface area contributed by atoms with Gasteiger partial charge in [-0.05, 0) is 30.3 Å². The lowest BCUT2D eigenvalue weighted by Gasteiger charge is -2.14. The number of methoxy groups -OCH3 is 2. The lowest BCUT2D eigenvalue weighted by Crippen LogP contribution is -2.20. The van der Waals surface area contributed by atoms with Crippen molar-refractivity contribution in [3.8, 4) is 11.5 Å². The molecule has 8 nitrogen and oxygen atoms in total. The van der Waals surface area contributed by atoms with Crippen molar-refractivity contribution in [1.29, 1.82) is 0 Å². The molecule has 0 heterocycles. The van der Waals surface area contributed by atoms with Crippen molar-refractivity contribution >= 4 is 27.5 Å². The van der Waals surface area contributed by atoms with Crippen LogP contribution in [0.3, 0.4) is 0 Å². The monoisotopic (exact) mass is 352 g/mol. The highest BCUT2D eigenvalue weighted by Gasteiger charge is 2.14. The van der Waals surface area contributed by atoms with Gasteiger partial charge in [0.2, 0.25) is 0 Å². The van der Waals surface area contributed by atoms with Crippen molar-refractivity contribution in [3.05, 3.63) is 42.5 Å². The van der Waals surface area contributed by atoms with Gasteiger partial charge in [0, 0.05) is 5.69 Å². The van der Waals surface area contributed by atoms with E-state index in [1.165, 1.54) is 32.4 Å². The molecule has 128 valence electrons. The number of hydrogen-bond acceptors (Lipinski definition) is 5. The van der Waals surface area contributed by atoms with Crippen molar-refractivity contribution in [3.63, 3.8) is 0 Å². The minimum Gasteiger partial charge on any atom is -0.494 e. The number of rotatable bonds is 5. The summed E-state index contributed by atoms with van der Waals surface area (Å²) in [6.45, 7) is 0. The molecule has 2 aromatic carbocycles. The average molecular weight is 352 g/mol. The first-order chi connectivity index (χ1) is 11.3. The van der Waals surface area contributed by atoms with Crippen LogP contribution in [0.25, 0.3) is 0 Å². The van der Waals surface area contributed by atoms with Crippen LogP contribution in [-0.4, -0.2) is 33.2 Å². The molecule has 3 N–H and O–H groups in total. The Hall–Kier alpha value is -2.78. The topological polar surface area (TPSA) is 114 Å². The minimum absolute atomic E-state index is 0.191. The van der Waals surface area contributed by atoms with E-state index < -0.39 is 16.1 Å². The van der Waals surface area contributed by atoms with Gasteiger partial charge >= 0.3 is 6.03 Å². The molecular formula is C15H16N2O6S. The second-order valence-corrected chi connectivity index (χ2v) is 6.04. The zero-order valence-electron chi connectivity index (χ0n) is 12.9. The summed E-state index contributed by atoms with van der Waals surface area (Å²) in [6, 6.07) is 9.58. The quantitative estimate of drug-likeness (QED) is 0.713. The van der Waals surface area contributed by atoms with Gasteiger partial charge < -0.3 is 20.1 Å². The van der Waals surface area contributed by atoms with Gasteiger partial charge in [-0.25, -0.2) is 4.79 Å². The van der Waals surface area contributed by atoms with Gasteiger partial charge in [0.25, 0.3) is 10.1 Å². The van der Waals surface area contributed by atoms with E-state index in [1.807, 2.05) is 0 Å². The first kappa shape index (κ1) is 17.6. The Bertz CT molecular complexity index is 829. The summed E-state index contributed by atoms with van der Waals surface area (Å²) in [4.78, 5) is 11.8. The number of para-hydroxylation sites is 1. The minimum atomic E-state index is -4.35. The van der Waals surface area contributed by atoms with Gasteiger partial charge in [-0.1, -0.05) is 12.1 Å². The van der Waals surface area contributed by atoms with Crippen molar-refractivity contribution in [2.75, 3.05) is 24.9 Å². The molecule has 0 fully saturated rings. The second-order valence-electron chi connectivity index (χ2n) is 4.62. The molecule has 2 amide bonds. The zero-order chi connectivity index (χ0) is 17.7. The normalized spacial score (nSPS) is 10.8. The molecule has 0 saturated carbocycles. The van der Waals surface area contributed by atoms with Gasteiger partial charge in [-0.15, -0.1) is 0 Å². The van der Waals surface area contributed by atoms with E-state index in [0.717, 1.165) is 6.07 Å². The molecule has 0 spiro atoms. The Kier molecular flexibility index (Phi) is 5.27. The predicted molar refractivity (Wildman–Crippen MR) is 88.4 cm³/mol. The number of nitrogens with one attached hydrogen (secondary N) is 2. The van der Waals surface area contributed by atoms with Crippen LogP contribution in [0, 0.1) is 0 Å². The largest absolute Gasteiger partial charge is 0.494 e. The van der Waals surface area contributed by atoms with Crippen molar-refractivity contribution in [2.24, 2.45) is 0 Å². The molecule has 0 aromatic heterocycles. The highest BCUT2D eigenvalue weighted by Crippen LogP contribution is 2.34. The SMILES string of the molecule is COc1cccc(OC)c1NC(=O)Nc1cccc(S(=O)(=O)O)c1. The molecule has 0 saturated heterocycles. The van der Waals surface area contributed by atoms with Crippen molar-refractivity contribution < 1.29 is 27.2 Å². The molecule has 0 atom stereocenters. The van der Waals surface area contributed by atoms with Gasteiger partial charge in [0.05, 0.1) is 19.1 Å². The van der Waals surface area contributed by atoms with E-state index in [0.29, 0.717) is 17.2 Å². The van der Waals surface area contributed by atoms with Crippen LogP contribution in [0.15, 0.2) is 47.4 Å². The molecular weight excluding hydrogens is 336 g/mol. The number of carbonyl (C=O) groups excluding carboxylic acids is 1. The Morgan fingerprint density at radius 3 is 2.12 bits per heavy atom. The number of amides is 2. The number of hydrogen-bond donors (Lipinski definition) is 3. The molecule has 0 aliphatic heterocycles. The smallest absolute Gasteiger partial charge is 0.323 e. The second kappa shape index (κ2) is 7.20. The molecule has 2 rings (SSSR count). The molecule has 0 unspecified atom stereocenters. The van der Waals surface area contributed by atoms with Crippen LogP contribution in [0.1, 0.15) is 0 Å². The summed E-state index contributed by atoms with van der Waals surface area (Å²) in [7, 11) is -1.45. The number of anilines is 2. The van der Waals surface area contributed by atoms with E-state index in [2.05, 4.69) is 10.6 Å². The fourth-order valence-electron chi connectivity index (χ4n) is 1.98. The third-order valence-electron chi connectivity index (χ3n) is 3.06. The van der Waals surface area contributed by atoms with E-state index in [4.69, 9.17) is 14.0 Å². The molecule has 2 aromatic rings. The van der Waals surface area contributed by atoms with Crippen LogP contribution in [0.4, 0.5) is 16.2 Å². The van der Waals surface area contributed by atoms with E-state index in [-0.39, 0.29) is 10.6 Å². The Morgan fingerprint density at radius 2 is 1.58 bits per heavy atom. The number of ether oxygens (including phenoxy) is 2. The summed E-state index contributed by atoms with van der Waals surface area (Å²) < 4.78 is 41.6. The summed E-state index contributed by atoms with van der Waals surface area (Å²) in [5.74, 6) is 0.798. The Balaban J connectivity index is 2.21. The maximum Gasteiger partial charge on any atom is 0.323 e. The summed E-state index contributed by atoms with van der Waals surface area (Å²) in [5, 5.41) is 5.04. The lowest BCUT2D eigenvalue weighted by atomic mass is 10.2. The van der Waals surface area contributed by atoms with Gasteiger partial charge in [-0.3, -0.25) is 4.55 Å². The molecule has 9 heteroatoms. The maximum atomic E-state index is 12.1. The van der Waals surface area contributed by atoms with Gasteiger partial charge in [0.1, 0.15) is 17.2 Å². The molecule has 0 aliphatic carbocycles. The van der Waals surface area contributed by atoms with E-state index in [1.54, 1.807) is 18.2 Å². The molecule has 0 radical (unpaired) electrons. The van der Waals surface area contributed by atoms with Crippen LogP contribution >= 0.6 is 0 Å². The number of benzene rings is 2. The molecule has 24 heavy (non-hydrogen) atoms. The summed E-state index contributed by atoms with van der Waals surface area (Å²) in [5.41, 5.74) is 0.516. The van der Waals surface area contributed by atoms with Gasteiger partial charge in [-0.2, -0.15) is 8.42 Å². The van der Waals surface area contributed by atoms with Crippen LogP contribution in [-0.2, 0) is 10.1 Å². The number of urea groups is 1. The van der Waals surface area contributed by atoms with Gasteiger partial charge in [0.15, 0.2) is 0 Å². The summed E-state index contributed by atoms with van der Waals surface area (Å²) >= 11 is 0. The van der Waals surface area contributed by atoms with E-state index >= 15 is 0 Å². The Labute approximate surface area is 139 Å². The lowest BCUT2D eigenvalue weighted by molar-refractivity contribution is 0.262. The van der Waals surface area contributed by atoms with Crippen LogP contribution < -0.4 is 20.1 Å². The van der Waals surface area contributed by atoms with Crippen molar-refractivity contribution in [2.45, 2.75) is 4.90 Å². The zero-order valence-corrected chi connectivity index (χ0v) is 13.8. The predicted octanol–water partition coefficient (Wildman–Crippen LogP) is 2.59. The highest BCUT2D eigenvalue weighted by atomic mass is 32.2. The third-order valence-corrected chi connectivity index (χ3v) is 3.91. The molecule has 0 bridgehead atoms. The highest BCUT2D eigenvalue weighted by molar-refractivity contribution is 7.85. The average Bonchev–Trinajstić information content (AvgIpc) is 2.54. The van der Waals surface area contributed by atoms with E-state index in [9.17, 15) is 13.2 Å². The first-order valence-corrected chi connectivity index (χ1v) is 8.15. The fourth-order valence-corrected chi connectivity index (χ4v) is 2.51. The summed E-state index contributed by atoms with van der Waals surface area (Å²) in [6.07, 6.45) is 0. The molecule has 0 aliphatic rings. The van der Waals surface area contributed by atoms with Crippen molar-refractivity contribution in [1.82, 2.24) is 0 Å². The maximum absolute atomic E-state index is 12.1. The van der Waals surface area contributed by atoms with Crippen LogP contribution in [0.2, 0.25) is 0 Å². The third kappa shape index (κ3) is 4.15.